The average molecular weight is 264 g/mol. The van der Waals surface area contributed by atoms with Crippen LogP contribution < -0.4 is 0 Å². The lowest BCUT2D eigenvalue weighted by Gasteiger charge is -2.06. The minimum absolute atomic E-state index is 0.633. The second kappa shape index (κ2) is 4.70. The average Bonchev–Trinajstić information content (AvgIpc) is 2.92. The first kappa shape index (κ1) is 11.1. The van der Waals surface area contributed by atoms with E-state index in [1.54, 1.807) is 16.4 Å². The van der Waals surface area contributed by atoms with Gasteiger partial charge in [-0.05, 0) is 28.5 Å². The lowest BCUT2D eigenvalue weighted by atomic mass is 10.1. The Morgan fingerprint density at radius 1 is 1.47 bits per heavy atom. The smallest absolute Gasteiger partial charge is 0.209 e. The van der Waals surface area contributed by atoms with Crippen molar-refractivity contribution in [1.82, 2.24) is 20.2 Å². The van der Waals surface area contributed by atoms with E-state index >= 15 is 0 Å². The van der Waals surface area contributed by atoms with E-state index < -0.39 is 0 Å². The molecular weight excluding hydrogens is 252 g/mol. The van der Waals surface area contributed by atoms with Gasteiger partial charge in [-0.1, -0.05) is 30.0 Å². The SMILES string of the molecule is Cn1nnnc1SCC1Cc2ccccc2S1. The normalized spacial score (nSPS) is 18.3. The number of tetrazole rings is 1. The van der Waals surface area contributed by atoms with Crippen molar-refractivity contribution in [3.8, 4) is 0 Å². The van der Waals surface area contributed by atoms with Crippen LogP contribution >= 0.6 is 23.5 Å². The number of fused-ring (bicyclic) bond motifs is 1. The quantitative estimate of drug-likeness (QED) is 0.794. The molecule has 1 aromatic carbocycles. The van der Waals surface area contributed by atoms with Crippen molar-refractivity contribution in [3.05, 3.63) is 29.8 Å². The van der Waals surface area contributed by atoms with E-state index in [9.17, 15) is 0 Å². The summed E-state index contributed by atoms with van der Waals surface area (Å²) < 4.78 is 1.72. The minimum Gasteiger partial charge on any atom is -0.224 e. The first-order valence-electron chi connectivity index (χ1n) is 5.42. The van der Waals surface area contributed by atoms with Crippen molar-refractivity contribution in [3.63, 3.8) is 0 Å². The zero-order valence-corrected chi connectivity index (χ0v) is 11.0. The molecule has 0 spiro atoms. The van der Waals surface area contributed by atoms with Crippen molar-refractivity contribution < 1.29 is 0 Å². The highest BCUT2D eigenvalue weighted by molar-refractivity contribution is 8.03. The molecule has 3 rings (SSSR count). The summed E-state index contributed by atoms with van der Waals surface area (Å²) in [6, 6.07) is 8.64. The van der Waals surface area contributed by atoms with Crippen molar-refractivity contribution in [2.75, 3.05) is 5.75 Å². The number of aromatic nitrogens is 4. The van der Waals surface area contributed by atoms with Crippen LogP contribution in [-0.4, -0.2) is 31.2 Å². The molecule has 0 saturated carbocycles. The second-order valence-corrected chi connectivity index (χ2v) is 6.28. The molecule has 0 saturated heterocycles. The van der Waals surface area contributed by atoms with Gasteiger partial charge in [0.25, 0.3) is 0 Å². The summed E-state index contributed by atoms with van der Waals surface area (Å²) in [6.45, 7) is 0. The molecule has 4 nitrogen and oxygen atoms in total. The van der Waals surface area contributed by atoms with Crippen molar-refractivity contribution in [1.29, 1.82) is 0 Å². The van der Waals surface area contributed by atoms with E-state index in [4.69, 9.17) is 0 Å². The number of hydrogen-bond acceptors (Lipinski definition) is 5. The number of hydrogen-bond donors (Lipinski definition) is 0. The number of rotatable bonds is 3. The molecule has 88 valence electrons. The Balaban J connectivity index is 1.61. The van der Waals surface area contributed by atoms with E-state index in [0.29, 0.717) is 5.25 Å². The number of aryl methyl sites for hydroxylation is 1. The third-order valence-corrected chi connectivity index (χ3v) is 5.40. The maximum atomic E-state index is 3.98. The molecule has 1 unspecified atom stereocenters. The van der Waals surface area contributed by atoms with Gasteiger partial charge in [-0.3, -0.25) is 0 Å². The highest BCUT2D eigenvalue weighted by atomic mass is 32.2. The van der Waals surface area contributed by atoms with Gasteiger partial charge in [-0.25, -0.2) is 4.68 Å². The topological polar surface area (TPSA) is 43.6 Å². The standard InChI is InChI=1S/C11H12N4S2/c1-15-11(12-13-14-15)16-7-9-6-8-4-2-3-5-10(8)17-9/h2-5,9H,6-7H2,1H3. The van der Waals surface area contributed by atoms with Crippen LogP contribution in [0.5, 0.6) is 0 Å². The summed E-state index contributed by atoms with van der Waals surface area (Å²) in [7, 11) is 1.87. The van der Waals surface area contributed by atoms with Crippen molar-refractivity contribution >= 4 is 23.5 Å². The van der Waals surface area contributed by atoms with Crippen molar-refractivity contribution in [2.45, 2.75) is 21.7 Å². The lowest BCUT2D eigenvalue weighted by molar-refractivity contribution is 0.664. The first-order chi connectivity index (χ1) is 8.33. The predicted octanol–water partition coefficient (Wildman–Crippen LogP) is 2.02. The van der Waals surface area contributed by atoms with Crippen LogP contribution in [0.2, 0.25) is 0 Å². The van der Waals surface area contributed by atoms with Crippen LogP contribution in [0, 0.1) is 0 Å². The fraction of sp³-hybridized carbons (Fsp3) is 0.364. The van der Waals surface area contributed by atoms with Gasteiger partial charge in [0, 0.05) is 22.9 Å². The van der Waals surface area contributed by atoms with Crippen molar-refractivity contribution in [2.24, 2.45) is 7.05 Å². The molecule has 6 heteroatoms. The molecule has 0 fully saturated rings. The Hall–Kier alpha value is -1.01. The summed E-state index contributed by atoms with van der Waals surface area (Å²) in [6.07, 6.45) is 1.15. The third-order valence-electron chi connectivity index (χ3n) is 2.69. The van der Waals surface area contributed by atoms with E-state index in [0.717, 1.165) is 17.3 Å². The molecule has 0 aliphatic carbocycles. The molecule has 0 bridgehead atoms. The van der Waals surface area contributed by atoms with Crippen LogP contribution in [0.1, 0.15) is 5.56 Å². The van der Waals surface area contributed by atoms with Crippen LogP contribution in [-0.2, 0) is 13.5 Å². The van der Waals surface area contributed by atoms with E-state index in [1.807, 2.05) is 18.8 Å². The predicted molar refractivity (Wildman–Crippen MR) is 69.3 cm³/mol. The maximum absolute atomic E-state index is 3.98. The number of nitrogens with zero attached hydrogens (tertiary/aromatic N) is 4. The zero-order chi connectivity index (χ0) is 11.7. The number of thioether (sulfide) groups is 2. The molecule has 1 atom stereocenters. The van der Waals surface area contributed by atoms with Gasteiger partial charge in [0.2, 0.25) is 5.16 Å². The van der Waals surface area contributed by atoms with Gasteiger partial charge in [0.15, 0.2) is 0 Å². The molecule has 2 heterocycles. The Labute approximate surface area is 108 Å². The van der Waals surface area contributed by atoms with Crippen LogP contribution in [0.15, 0.2) is 34.3 Å². The zero-order valence-electron chi connectivity index (χ0n) is 9.41. The highest BCUT2D eigenvalue weighted by Crippen LogP contribution is 2.38. The molecule has 17 heavy (non-hydrogen) atoms. The Kier molecular flexibility index (Phi) is 3.07. The summed E-state index contributed by atoms with van der Waals surface area (Å²) in [5.41, 5.74) is 1.47. The maximum Gasteiger partial charge on any atom is 0.209 e. The molecule has 0 amide bonds. The van der Waals surface area contributed by atoms with Crippen LogP contribution in [0.3, 0.4) is 0 Å². The van der Waals surface area contributed by atoms with Gasteiger partial charge in [-0.15, -0.1) is 16.9 Å². The van der Waals surface area contributed by atoms with E-state index in [1.165, 1.54) is 10.5 Å². The summed E-state index contributed by atoms with van der Waals surface area (Å²) in [5, 5.41) is 13.0. The molecular formula is C11H12N4S2. The van der Waals surface area contributed by atoms with E-state index in [2.05, 4.69) is 39.8 Å². The Morgan fingerprint density at radius 3 is 3.12 bits per heavy atom. The van der Waals surface area contributed by atoms with Gasteiger partial charge in [0.05, 0.1) is 0 Å². The molecule has 1 aliphatic rings. The Bertz CT molecular complexity index is 501. The largest absolute Gasteiger partial charge is 0.224 e. The van der Waals surface area contributed by atoms with Gasteiger partial charge < -0.3 is 0 Å². The molecule has 2 aromatic rings. The number of benzene rings is 1. The summed E-state index contributed by atoms with van der Waals surface area (Å²) >= 11 is 3.69. The van der Waals surface area contributed by atoms with Crippen LogP contribution in [0.4, 0.5) is 0 Å². The lowest BCUT2D eigenvalue weighted by Crippen LogP contribution is -2.05. The van der Waals surface area contributed by atoms with Gasteiger partial charge in [0.1, 0.15) is 0 Å². The molecule has 1 aliphatic heterocycles. The molecule has 1 aromatic heterocycles. The molecule has 0 radical (unpaired) electrons. The fourth-order valence-corrected chi connectivity index (χ4v) is 4.19. The highest BCUT2D eigenvalue weighted by Gasteiger charge is 2.22. The first-order valence-corrected chi connectivity index (χ1v) is 7.29. The van der Waals surface area contributed by atoms with Gasteiger partial charge in [-0.2, -0.15) is 0 Å². The monoisotopic (exact) mass is 264 g/mol. The second-order valence-electron chi connectivity index (χ2n) is 3.95. The summed E-state index contributed by atoms with van der Waals surface area (Å²) in [4.78, 5) is 1.43. The Morgan fingerprint density at radius 2 is 2.35 bits per heavy atom. The third kappa shape index (κ3) is 2.32. The molecule has 0 N–H and O–H groups in total. The minimum atomic E-state index is 0.633. The summed E-state index contributed by atoms with van der Waals surface area (Å²) in [5.74, 6) is 1.05. The van der Waals surface area contributed by atoms with Gasteiger partial charge >= 0.3 is 0 Å². The van der Waals surface area contributed by atoms with Crippen LogP contribution in [0.25, 0.3) is 0 Å². The van der Waals surface area contributed by atoms with E-state index in [-0.39, 0.29) is 0 Å². The fourth-order valence-electron chi connectivity index (χ4n) is 1.86.